The largest absolute Gasteiger partial charge is 0.354 e. The number of rotatable bonds is 1. The lowest BCUT2D eigenvalue weighted by Gasteiger charge is -2.08. The zero-order valence-electron chi connectivity index (χ0n) is 8.42. The fourth-order valence-electron chi connectivity index (χ4n) is 1.68. The summed E-state index contributed by atoms with van der Waals surface area (Å²) in [7, 11) is 0. The minimum Gasteiger partial charge on any atom is -0.354 e. The van der Waals surface area contributed by atoms with Gasteiger partial charge in [0, 0.05) is 11.9 Å². The fourth-order valence-corrected chi connectivity index (χ4v) is 2.23. The van der Waals surface area contributed by atoms with Crippen LogP contribution in [0.4, 0.5) is 5.69 Å². The predicted molar refractivity (Wildman–Crippen MR) is 67.7 cm³/mol. The van der Waals surface area contributed by atoms with Gasteiger partial charge in [0.1, 0.15) is 0 Å². The Labute approximate surface area is 100 Å². The highest BCUT2D eigenvalue weighted by Crippen LogP contribution is 2.29. The van der Waals surface area contributed by atoms with Crippen molar-refractivity contribution in [2.24, 2.45) is 4.99 Å². The van der Waals surface area contributed by atoms with Crippen LogP contribution in [0.15, 0.2) is 27.8 Å². The smallest absolute Gasteiger partial charge is 0.195 e. The monoisotopic (exact) mass is 279 g/mol. The Morgan fingerprint density at radius 3 is 3.12 bits per heavy atom. The summed E-state index contributed by atoms with van der Waals surface area (Å²) in [6.45, 7) is 1.72. The highest BCUT2D eigenvalue weighted by molar-refractivity contribution is 9.10. The molecule has 0 amide bonds. The molecule has 16 heavy (non-hydrogen) atoms. The summed E-state index contributed by atoms with van der Waals surface area (Å²) in [6, 6.07) is 4.02. The second-order valence-corrected chi connectivity index (χ2v) is 4.34. The summed E-state index contributed by atoms with van der Waals surface area (Å²) in [6.07, 6.45) is 1.80. The molecule has 1 aliphatic rings. The average molecular weight is 280 g/mol. The van der Waals surface area contributed by atoms with E-state index in [2.05, 4.69) is 41.8 Å². The molecular weight excluding hydrogens is 270 g/mol. The minimum absolute atomic E-state index is 0.819. The van der Waals surface area contributed by atoms with E-state index in [0.717, 1.165) is 40.1 Å². The van der Waals surface area contributed by atoms with Crippen molar-refractivity contribution in [2.75, 3.05) is 18.4 Å². The second-order valence-electron chi connectivity index (χ2n) is 3.54. The molecular formula is C10H10BrN5. The van der Waals surface area contributed by atoms with Crippen LogP contribution >= 0.6 is 15.9 Å². The normalized spacial score (nSPS) is 14.9. The number of benzene rings is 1. The average Bonchev–Trinajstić information content (AvgIpc) is 2.93. The molecule has 5 nitrogen and oxygen atoms in total. The summed E-state index contributed by atoms with van der Waals surface area (Å²) in [5.41, 5.74) is 1.97. The van der Waals surface area contributed by atoms with E-state index in [4.69, 9.17) is 0 Å². The minimum atomic E-state index is 0.819. The number of guanidine groups is 1. The van der Waals surface area contributed by atoms with E-state index in [1.54, 1.807) is 6.20 Å². The number of H-pyrrole nitrogens is 1. The lowest BCUT2D eigenvalue weighted by atomic mass is 10.2. The highest BCUT2D eigenvalue weighted by atomic mass is 79.9. The molecule has 2 aromatic rings. The Morgan fingerprint density at radius 2 is 2.31 bits per heavy atom. The number of aliphatic imine (C=N–C) groups is 1. The van der Waals surface area contributed by atoms with E-state index in [-0.39, 0.29) is 0 Å². The van der Waals surface area contributed by atoms with Gasteiger partial charge in [-0.3, -0.25) is 10.1 Å². The molecule has 1 aliphatic heterocycles. The lowest BCUT2D eigenvalue weighted by molar-refractivity contribution is 0.959. The third-order valence-electron chi connectivity index (χ3n) is 2.48. The van der Waals surface area contributed by atoms with E-state index >= 15 is 0 Å². The number of anilines is 1. The molecule has 0 saturated carbocycles. The van der Waals surface area contributed by atoms with Crippen molar-refractivity contribution in [1.82, 2.24) is 15.5 Å². The van der Waals surface area contributed by atoms with Crippen molar-refractivity contribution in [1.29, 1.82) is 0 Å². The Kier molecular flexibility index (Phi) is 2.28. The molecule has 0 aliphatic carbocycles. The van der Waals surface area contributed by atoms with Gasteiger partial charge in [-0.2, -0.15) is 5.10 Å². The SMILES string of the molecule is Brc1c(NC2=NCCN2)ccc2cn[nH]c12. The Morgan fingerprint density at radius 1 is 1.38 bits per heavy atom. The van der Waals surface area contributed by atoms with Gasteiger partial charge in [-0.1, -0.05) is 0 Å². The zero-order chi connectivity index (χ0) is 11.0. The quantitative estimate of drug-likeness (QED) is 0.745. The zero-order valence-corrected chi connectivity index (χ0v) is 10.0. The van der Waals surface area contributed by atoms with Crippen molar-refractivity contribution in [3.8, 4) is 0 Å². The third kappa shape index (κ3) is 1.55. The molecule has 82 valence electrons. The van der Waals surface area contributed by atoms with Gasteiger partial charge in [-0.25, -0.2) is 0 Å². The first kappa shape index (κ1) is 9.65. The molecule has 3 rings (SSSR count). The molecule has 2 heterocycles. The summed E-state index contributed by atoms with van der Waals surface area (Å²) >= 11 is 3.55. The molecule has 0 fully saturated rings. The van der Waals surface area contributed by atoms with Gasteiger partial charge in [0.05, 0.1) is 28.4 Å². The van der Waals surface area contributed by atoms with Crippen LogP contribution in [0.5, 0.6) is 0 Å². The van der Waals surface area contributed by atoms with Crippen molar-refractivity contribution < 1.29 is 0 Å². The van der Waals surface area contributed by atoms with Crippen molar-refractivity contribution in [3.63, 3.8) is 0 Å². The number of aromatic nitrogens is 2. The Hall–Kier alpha value is -1.56. The Balaban J connectivity index is 1.99. The van der Waals surface area contributed by atoms with E-state index in [1.165, 1.54) is 0 Å². The summed E-state index contributed by atoms with van der Waals surface area (Å²) < 4.78 is 0.971. The molecule has 1 aromatic heterocycles. The van der Waals surface area contributed by atoms with Crippen molar-refractivity contribution in [2.45, 2.75) is 0 Å². The summed E-state index contributed by atoms with van der Waals surface area (Å²) in [5, 5.41) is 14.4. The molecule has 1 aromatic carbocycles. The van der Waals surface area contributed by atoms with Crippen LogP contribution in [-0.2, 0) is 0 Å². The van der Waals surface area contributed by atoms with E-state index in [1.807, 2.05) is 12.1 Å². The number of aromatic amines is 1. The van der Waals surface area contributed by atoms with Crippen LogP contribution in [0.3, 0.4) is 0 Å². The van der Waals surface area contributed by atoms with Crippen molar-refractivity contribution in [3.05, 3.63) is 22.8 Å². The number of halogens is 1. The molecule has 3 N–H and O–H groups in total. The van der Waals surface area contributed by atoms with Gasteiger partial charge >= 0.3 is 0 Å². The van der Waals surface area contributed by atoms with E-state index in [9.17, 15) is 0 Å². The molecule has 0 radical (unpaired) electrons. The van der Waals surface area contributed by atoms with Crippen molar-refractivity contribution >= 4 is 38.5 Å². The molecule has 0 unspecified atom stereocenters. The van der Waals surface area contributed by atoms with E-state index < -0.39 is 0 Å². The van der Waals surface area contributed by atoms with Crippen LogP contribution in [-0.4, -0.2) is 29.2 Å². The summed E-state index contributed by atoms with van der Waals surface area (Å²) in [4.78, 5) is 4.29. The number of hydrogen-bond donors (Lipinski definition) is 3. The van der Waals surface area contributed by atoms with Gasteiger partial charge in [-0.05, 0) is 28.1 Å². The maximum absolute atomic E-state index is 4.29. The van der Waals surface area contributed by atoms with Crippen LogP contribution < -0.4 is 10.6 Å². The van der Waals surface area contributed by atoms with Crippen LogP contribution in [0.1, 0.15) is 0 Å². The Bertz CT molecular complexity index is 559. The topological polar surface area (TPSA) is 65.1 Å². The van der Waals surface area contributed by atoms with Gasteiger partial charge in [0.25, 0.3) is 0 Å². The number of fused-ring (bicyclic) bond motifs is 1. The first-order chi connectivity index (χ1) is 7.84. The first-order valence-corrected chi connectivity index (χ1v) is 5.81. The van der Waals surface area contributed by atoms with Crippen LogP contribution in [0.2, 0.25) is 0 Å². The predicted octanol–water partition coefficient (Wildman–Crippen LogP) is 1.70. The maximum Gasteiger partial charge on any atom is 0.195 e. The molecule has 0 atom stereocenters. The van der Waals surface area contributed by atoms with Gasteiger partial charge < -0.3 is 10.6 Å². The van der Waals surface area contributed by atoms with Gasteiger partial charge in [0.2, 0.25) is 0 Å². The fraction of sp³-hybridized carbons (Fsp3) is 0.200. The lowest BCUT2D eigenvalue weighted by Crippen LogP contribution is -2.26. The van der Waals surface area contributed by atoms with Crippen LogP contribution in [0.25, 0.3) is 10.9 Å². The molecule has 6 heteroatoms. The number of nitrogens with one attached hydrogen (secondary N) is 3. The third-order valence-corrected chi connectivity index (χ3v) is 3.31. The second kappa shape index (κ2) is 3.79. The van der Waals surface area contributed by atoms with Gasteiger partial charge in [-0.15, -0.1) is 0 Å². The molecule has 0 spiro atoms. The van der Waals surface area contributed by atoms with E-state index in [0.29, 0.717) is 0 Å². The molecule has 0 bridgehead atoms. The highest BCUT2D eigenvalue weighted by Gasteiger charge is 2.10. The number of hydrogen-bond acceptors (Lipinski definition) is 4. The first-order valence-electron chi connectivity index (χ1n) is 5.01. The summed E-state index contributed by atoms with van der Waals surface area (Å²) in [5.74, 6) is 0.819. The molecule has 0 saturated heterocycles. The van der Waals surface area contributed by atoms with Crippen LogP contribution in [0, 0.1) is 0 Å². The number of nitrogens with zero attached hydrogens (tertiary/aromatic N) is 2. The van der Waals surface area contributed by atoms with Gasteiger partial charge in [0.15, 0.2) is 5.96 Å². The standard InChI is InChI=1S/C10H10BrN5/c11-8-7(15-10-12-3-4-13-10)2-1-6-5-14-16-9(6)8/h1-2,5H,3-4H2,(H,14,16)(H2,12,13,15). The maximum atomic E-state index is 4.29.